The zero-order chi connectivity index (χ0) is 18.6. The fourth-order valence-electron chi connectivity index (χ4n) is 5.50. The molecular formula is C23H31NO3. The minimum Gasteiger partial charge on any atom is -0.497 e. The Morgan fingerprint density at radius 1 is 1.04 bits per heavy atom. The van der Waals surface area contributed by atoms with Crippen LogP contribution in [0.4, 0.5) is 0 Å². The van der Waals surface area contributed by atoms with Gasteiger partial charge >= 0.3 is 0 Å². The smallest absolute Gasteiger partial charge is 0.225 e. The molecule has 0 atom stereocenters. The summed E-state index contributed by atoms with van der Waals surface area (Å²) in [5, 5.41) is 9.43. The van der Waals surface area contributed by atoms with Gasteiger partial charge in [0, 0.05) is 24.4 Å². The zero-order valence-electron chi connectivity index (χ0n) is 16.3. The molecule has 27 heavy (non-hydrogen) atoms. The standard InChI is InChI=1S/C23H31NO3/c1-27-21-11-17(15-2-3-15)8-18(12-21)16-4-6-23(7-5-16)13-24(14-23)22(26)19-9-20(25)10-19/h8,11-12,15-16,19-20,25H,2-7,9-10,13-14H2,1H3. The number of methoxy groups -OCH3 is 1. The lowest BCUT2D eigenvalue weighted by molar-refractivity contribution is -0.157. The molecule has 3 aliphatic carbocycles. The Balaban J connectivity index is 1.19. The first-order valence-electron chi connectivity index (χ1n) is 10.7. The number of rotatable bonds is 4. The van der Waals surface area contributed by atoms with Gasteiger partial charge in [-0.1, -0.05) is 6.07 Å². The average Bonchev–Trinajstić information content (AvgIpc) is 3.48. The highest BCUT2D eigenvalue weighted by molar-refractivity contribution is 5.80. The number of hydrogen-bond donors (Lipinski definition) is 1. The number of likely N-dealkylation sites (tertiary alicyclic amines) is 1. The molecule has 1 N–H and O–H groups in total. The predicted molar refractivity (Wildman–Crippen MR) is 104 cm³/mol. The molecular weight excluding hydrogens is 338 g/mol. The third-order valence-electron chi connectivity index (χ3n) is 7.58. The number of benzene rings is 1. The number of nitrogens with zero attached hydrogens (tertiary/aromatic N) is 1. The molecule has 1 heterocycles. The summed E-state index contributed by atoms with van der Waals surface area (Å²) in [6.07, 6.45) is 8.64. The molecule has 146 valence electrons. The average molecular weight is 370 g/mol. The van der Waals surface area contributed by atoms with Gasteiger partial charge in [0.15, 0.2) is 0 Å². The van der Waals surface area contributed by atoms with Gasteiger partial charge in [0.25, 0.3) is 0 Å². The van der Waals surface area contributed by atoms with Crippen LogP contribution in [0, 0.1) is 11.3 Å². The molecule has 4 fully saturated rings. The van der Waals surface area contributed by atoms with Gasteiger partial charge in [-0.2, -0.15) is 0 Å². The maximum absolute atomic E-state index is 12.4. The van der Waals surface area contributed by atoms with Crippen LogP contribution in [0.3, 0.4) is 0 Å². The van der Waals surface area contributed by atoms with E-state index in [9.17, 15) is 9.90 Å². The van der Waals surface area contributed by atoms with Gasteiger partial charge in [0.1, 0.15) is 5.75 Å². The van der Waals surface area contributed by atoms with Crippen molar-refractivity contribution in [2.24, 2.45) is 11.3 Å². The van der Waals surface area contributed by atoms with Crippen molar-refractivity contribution < 1.29 is 14.6 Å². The summed E-state index contributed by atoms with van der Waals surface area (Å²) in [5.41, 5.74) is 3.29. The van der Waals surface area contributed by atoms with E-state index in [0.717, 1.165) is 24.8 Å². The van der Waals surface area contributed by atoms with Crippen LogP contribution in [0.5, 0.6) is 5.75 Å². The highest BCUT2D eigenvalue weighted by atomic mass is 16.5. The second-order valence-corrected chi connectivity index (χ2v) is 9.60. The maximum Gasteiger partial charge on any atom is 0.225 e. The van der Waals surface area contributed by atoms with Gasteiger partial charge in [0.05, 0.1) is 13.2 Å². The van der Waals surface area contributed by atoms with E-state index < -0.39 is 0 Å². The van der Waals surface area contributed by atoms with E-state index in [1.807, 2.05) is 4.90 Å². The Morgan fingerprint density at radius 3 is 2.15 bits per heavy atom. The first-order chi connectivity index (χ1) is 13.0. The molecule has 1 aromatic carbocycles. The lowest BCUT2D eigenvalue weighted by atomic mass is 9.64. The monoisotopic (exact) mass is 369 g/mol. The number of aliphatic hydroxyl groups excluding tert-OH is 1. The molecule has 4 nitrogen and oxygen atoms in total. The molecule has 4 aliphatic rings. The number of amides is 1. The van der Waals surface area contributed by atoms with E-state index in [1.165, 1.54) is 49.7 Å². The van der Waals surface area contributed by atoms with Crippen LogP contribution in [0.15, 0.2) is 18.2 Å². The van der Waals surface area contributed by atoms with Gasteiger partial charge in [-0.15, -0.1) is 0 Å². The first-order valence-corrected chi connectivity index (χ1v) is 10.7. The molecule has 0 bridgehead atoms. The molecule has 1 spiro atoms. The van der Waals surface area contributed by atoms with E-state index in [1.54, 1.807) is 7.11 Å². The number of carbonyl (C=O) groups excluding carboxylic acids is 1. The van der Waals surface area contributed by atoms with Crippen molar-refractivity contribution in [3.05, 3.63) is 29.3 Å². The Kier molecular flexibility index (Phi) is 4.23. The molecule has 0 radical (unpaired) electrons. The molecule has 1 saturated heterocycles. The number of aliphatic hydroxyl groups is 1. The second kappa shape index (κ2) is 6.51. The minimum absolute atomic E-state index is 0.0892. The molecule has 4 heteroatoms. The highest BCUT2D eigenvalue weighted by Crippen LogP contribution is 2.50. The second-order valence-electron chi connectivity index (χ2n) is 9.60. The third-order valence-corrected chi connectivity index (χ3v) is 7.58. The summed E-state index contributed by atoms with van der Waals surface area (Å²) >= 11 is 0. The quantitative estimate of drug-likeness (QED) is 0.877. The van der Waals surface area contributed by atoms with E-state index in [0.29, 0.717) is 24.2 Å². The van der Waals surface area contributed by atoms with Crippen LogP contribution in [0.2, 0.25) is 0 Å². The van der Waals surface area contributed by atoms with E-state index in [-0.39, 0.29) is 17.9 Å². The largest absolute Gasteiger partial charge is 0.497 e. The fraction of sp³-hybridized carbons (Fsp3) is 0.696. The number of carbonyl (C=O) groups is 1. The topological polar surface area (TPSA) is 49.8 Å². The zero-order valence-corrected chi connectivity index (χ0v) is 16.3. The summed E-state index contributed by atoms with van der Waals surface area (Å²) < 4.78 is 5.56. The molecule has 5 rings (SSSR count). The van der Waals surface area contributed by atoms with Crippen molar-refractivity contribution in [2.75, 3.05) is 20.2 Å². The van der Waals surface area contributed by atoms with Crippen LogP contribution >= 0.6 is 0 Å². The Hall–Kier alpha value is -1.55. The maximum atomic E-state index is 12.4. The summed E-state index contributed by atoms with van der Waals surface area (Å²) in [5.74, 6) is 2.78. The van der Waals surface area contributed by atoms with Gasteiger partial charge in [-0.05, 0) is 86.5 Å². The summed E-state index contributed by atoms with van der Waals surface area (Å²) in [4.78, 5) is 14.5. The molecule has 1 aliphatic heterocycles. The Morgan fingerprint density at radius 2 is 1.63 bits per heavy atom. The summed E-state index contributed by atoms with van der Waals surface area (Å²) in [6.45, 7) is 1.88. The molecule has 1 amide bonds. The minimum atomic E-state index is -0.243. The predicted octanol–water partition coefficient (Wildman–Crippen LogP) is 3.83. The van der Waals surface area contributed by atoms with Crippen LogP contribution in [-0.2, 0) is 4.79 Å². The van der Waals surface area contributed by atoms with Gasteiger partial charge in [-0.3, -0.25) is 4.79 Å². The van der Waals surface area contributed by atoms with Crippen molar-refractivity contribution in [1.29, 1.82) is 0 Å². The summed E-state index contributed by atoms with van der Waals surface area (Å²) in [6, 6.07) is 6.90. The van der Waals surface area contributed by atoms with Crippen molar-refractivity contribution >= 4 is 5.91 Å². The first kappa shape index (κ1) is 17.5. The van der Waals surface area contributed by atoms with Crippen LogP contribution < -0.4 is 4.74 Å². The van der Waals surface area contributed by atoms with E-state index in [4.69, 9.17) is 4.74 Å². The summed E-state index contributed by atoms with van der Waals surface area (Å²) in [7, 11) is 1.77. The van der Waals surface area contributed by atoms with E-state index in [2.05, 4.69) is 18.2 Å². The molecule has 0 unspecified atom stereocenters. The van der Waals surface area contributed by atoms with Crippen molar-refractivity contribution in [3.8, 4) is 5.75 Å². The van der Waals surface area contributed by atoms with E-state index >= 15 is 0 Å². The van der Waals surface area contributed by atoms with Crippen LogP contribution in [-0.4, -0.2) is 42.2 Å². The molecule has 1 aromatic rings. The number of ether oxygens (including phenoxy) is 1. The van der Waals surface area contributed by atoms with Gasteiger partial charge in [0.2, 0.25) is 5.91 Å². The van der Waals surface area contributed by atoms with Crippen LogP contribution in [0.25, 0.3) is 0 Å². The third kappa shape index (κ3) is 3.26. The van der Waals surface area contributed by atoms with Gasteiger partial charge in [-0.25, -0.2) is 0 Å². The van der Waals surface area contributed by atoms with Crippen molar-refractivity contribution in [2.45, 2.75) is 69.3 Å². The molecule has 0 aromatic heterocycles. The Labute approximate surface area is 161 Å². The van der Waals surface area contributed by atoms with Crippen molar-refractivity contribution in [3.63, 3.8) is 0 Å². The lowest BCUT2D eigenvalue weighted by Crippen LogP contribution is -2.61. The van der Waals surface area contributed by atoms with Crippen LogP contribution in [0.1, 0.15) is 74.3 Å². The van der Waals surface area contributed by atoms with Gasteiger partial charge < -0.3 is 14.7 Å². The van der Waals surface area contributed by atoms with Crippen molar-refractivity contribution in [1.82, 2.24) is 4.90 Å². The highest BCUT2D eigenvalue weighted by Gasteiger charge is 2.49. The Bertz CT molecular complexity index is 719. The number of hydrogen-bond acceptors (Lipinski definition) is 3. The molecule has 3 saturated carbocycles. The fourth-order valence-corrected chi connectivity index (χ4v) is 5.50. The lowest BCUT2D eigenvalue weighted by Gasteiger charge is -2.55. The normalized spacial score (nSPS) is 29.9. The SMILES string of the molecule is COc1cc(C2CC2)cc(C2CCC3(CC2)CN(C(=O)C2CC(O)C2)C3)c1.